The van der Waals surface area contributed by atoms with Crippen molar-refractivity contribution in [2.75, 3.05) is 31.1 Å². The highest BCUT2D eigenvalue weighted by Gasteiger charge is 2.32. The fourth-order valence-electron chi connectivity index (χ4n) is 4.73. The molecule has 2 aliphatic heterocycles. The molecule has 0 spiro atoms. The van der Waals surface area contributed by atoms with E-state index >= 15 is 0 Å². The summed E-state index contributed by atoms with van der Waals surface area (Å²) in [5.74, 6) is 0.00147. The van der Waals surface area contributed by atoms with Crippen molar-refractivity contribution in [3.8, 4) is 11.3 Å². The van der Waals surface area contributed by atoms with Crippen LogP contribution in [-0.4, -0.2) is 42.2 Å². The normalized spacial score (nSPS) is 18.0. The number of benzene rings is 2. The van der Waals surface area contributed by atoms with Crippen LogP contribution in [0.15, 0.2) is 46.9 Å². The molecule has 2 aromatic carbocycles. The van der Waals surface area contributed by atoms with Crippen molar-refractivity contribution < 1.29 is 14.3 Å². The van der Waals surface area contributed by atoms with Crippen molar-refractivity contribution in [1.29, 1.82) is 0 Å². The lowest BCUT2D eigenvalue weighted by Crippen LogP contribution is -2.49. The summed E-state index contributed by atoms with van der Waals surface area (Å²) in [6.07, 6.45) is 3.88. The monoisotopic (exact) mass is 404 g/mol. The minimum absolute atomic E-state index is 0.212. The molecule has 30 heavy (non-hydrogen) atoms. The summed E-state index contributed by atoms with van der Waals surface area (Å²) < 4.78 is 6.18. The number of rotatable bonds is 5. The van der Waals surface area contributed by atoms with E-state index in [1.165, 1.54) is 36.1 Å². The zero-order valence-corrected chi connectivity index (χ0v) is 17.4. The predicted octanol–water partition coefficient (Wildman–Crippen LogP) is 4.91. The Bertz CT molecular complexity index is 1080. The Labute approximate surface area is 176 Å². The van der Waals surface area contributed by atoms with Crippen LogP contribution in [-0.2, 0) is 11.3 Å². The molecule has 2 fully saturated rings. The standard InChI is InChI=1S/C25H28N2O3/c1-17-11-18(14-26-15-20(16-26)25(28)29)5-7-22(17)24-13-19-12-21(6-8-23(19)30-24)27-9-3-2-4-10-27/h5-8,11-13,20H,2-4,9-10,14-16H2,1H3,(H,28,29). The van der Waals surface area contributed by atoms with Gasteiger partial charge in [0.15, 0.2) is 0 Å². The number of aliphatic carboxylic acids is 1. The molecular formula is C25H28N2O3. The Kier molecular flexibility index (Phi) is 4.99. The molecule has 5 nitrogen and oxygen atoms in total. The zero-order valence-electron chi connectivity index (χ0n) is 17.4. The van der Waals surface area contributed by atoms with E-state index in [1.54, 1.807) is 0 Å². The second-order valence-electron chi connectivity index (χ2n) is 8.76. The summed E-state index contributed by atoms with van der Waals surface area (Å²) in [5, 5.41) is 10.2. The average Bonchev–Trinajstić information content (AvgIpc) is 3.13. The Morgan fingerprint density at radius 2 is 1.87 bits per heavy atom. The van der Waals surface area contributed by atoms with Crippen LogP contribution in [0.25, 0.3) is 22.3 Å². The van der Waals surface area contributed by atoms with E-state index < -0.39 is 5.97 Å². The highest BCUT2D eigenvalue weighted by molar-refractivity contribution is 5.86. The van der Waals surface area contributed by atoms with Gasteiger partial charge in [-0.25, -0.2) is 0 Å². The quantitative estimate of drug-likeness (QED) is 0.654. The summed E-state index contributed by atoms with van der Waals surface area (Å²) in [4.78, 5) is 15.6. The number of aryl methyl sites for hydroxylation is 1. The molecular weight excluding hydrogens is 376 g/mol. The third-order valence-electron chi connectivity index (χ3n) is 6.49. The number of likely N-dealkylation sites (tertiary alicyclic amines) is 1. The molecule has 0 saturated carbocycles. The number of hydrogen-bond acceptors (Lipinski definition) is 4. The van der Waals surface area contributed by atoms with Gasteiger partial charge in [-0.15, -0.1) is 0 Å². The lowest BCUT2D eigenvalue weighted by molar-refractivity contribution is -0.147. The van der Waals surface area contributed by atoms with Crippen molar-refractivity contribution in [3.63, 3.8) is 0 Å². The molecule has 1 aromatic heterocycles. The highest BCUT2D eigenvalue weighted by atomic mass is 16.4. The largest absolute Gasteiger partial charge is 0.481 e. The molecule has 156 valence electrons. The fraction of sp³-hybridized carbons (Fsp3) is 0.400. The number of furan rings is 1. The summed E-state index contributed by atoms with van der Waals surface area (Å²) >= 11 is 0. The maximum absolute atomic E-state index is 11.0. The van der Waals surface area contributed by atoms with Gasteiger partial charge in [0, 0.05) is 49.4 Å². The number of nitrogens with zero attached hydrogens (tertiary/aromatic N) is 2. The summed E-state index contributed by atoms with van der Waals surface area (Å²) in [7, 11) is 0. The van der Waals surface area contributed by atoms with Crippen molar-refractivity contribution in [3.05, 3.63) is 53.6 Å². The number of carboxylic acids is 1. The highest BCUT2D eigenvalue weighted by Crippen LogP contribution is 2.33. The lowest BCUT2D eigenvalue weighted by Gasteiger charge is -2.36. The molecule has 0 bridgehead atoms. The molecule has 0 aliphatic carbocycles. The van der Waals surface area contributed by atoms with Crippen molar-refractivity contribution in [1.82, 2.24) is 4.90 Å². The van der Waals surface area contributed by atoms with Crippen LogP contribution in [0, 0.1) is 12.8 Å². The second kappa shape index (κ2) is 7.80. The Morgan fingerprint density at radius 3 is 2.60 bits per heavy atom. The molecule has 0 unspecified atom stereocenters. The van der Waals surface area contributed by atoms with E-state index in [-0.39, 0.29) is 5.92 Å². The molecule has 2 aliphatic rings. The maximum Gasteiger partial charge on any atom is 0.309 e. The molecule has 0 atom stereocenters. The Morgan fingerprint density at radius 1 is 1.07 bits per heavy atom. The van der Waals surface area contributed by atoms with E-state index in [4.69, 9.17) is 9.52 Å². The first-order valence-corrected chi connectivity index (χ1v) is 10.9. The van der Waals surface area contributed by atoms with Crippen molar-refractivity contribution in [2.45, 2.75) is 32.7 Å². The van der Waals surface area contributed by atoms with Crippen LogP contribution >= 0.6 is 0 Å². The second-order valence-corrected chi connectivity index (χ2v) is 8.76. The number of anilines is 1. The van der Waals surface area contributed by atoms with Gasteiger partial charge in [-0.05, 0) is 61.6 Å². The van der Waals surface area contributed by atoms with E-state index in [0.29, 0.717) is 13.1 Å². The van der Waals surface area contributed by atoms with E-state index in [2.05, 4.69) is 59.2 Å². The molecule has 3 aromatic rings. The van der Waals surface area contributed by atoms with Gasteiger partial charge in [0.1, 0.15) is 11.3 Å². The van der Waals surface area contributed by atoms with Gasteiger partial charge in [-0.3, -0.25) is 9.69 Å². The summed E-state index contributed by atoms with van der Waals surface area (Å²) in [6.45, 7) is 6.46. The summed E-state index contributed by atoms with van der Waals surface area (Å²) in [5.41, 5.74) is 5.72. The van der Waals surface area contributed by atoms with Gasteiger partial charge < -0.3 is 14.4 Å². The number of fused-ring (bicyclic) bond motifs is 1. The topological polar surface area (TPSA) is 56.9 Å². The number of carboxylic acid groups (broad SMARTS) is 1. The smallest absolute Gasteiger partial charge is 0.309 e. The van der Waals surface area contributed by atoms with Gasteiger partial charge >= 0.3 is 5.97 Å². The third kappa shape index (κ3) is 3.70. The Hall–Kier alpha value is -2.79. The zero-order chi connectivity index (χ0) is 20.7. The minimum atomic E-state index is -0.689. The molecule has 1 N–H and O–H groups in total. The van der Waals surface area contributed by atoms with Crippen LogP contribution in [0.1, 0.15) is 30.4 Å². The summed E-state index contributed by atoms with van der Waals surface area (Å²) in [6, 6.07) is 15.1. The van der Waals surface area contributed by atoms with Crippen molar-refractivity contribution in [2.24, 2.45) is 5.92 Å². The van der Waals surface area contributed by atoms with Gasteiger partial charge in [0.25, 0.3) is 0 Å². The number of piperidine rings is 1. The van der Waals surface area contributed by atoms with Crippen LogP contribution < -0.4 is 4.90 Å². The van der Waals surface area contributed by atoms with Crippen LogP contribution in [0.3, 0.4) is 0 Å². The predicted molar refractivity (Wildman–Crippen MR) is 119 cm³/mol. The van der Waals surface area contributed by atoms with Gasteiger partial charge in [0.2, 0.25) is 0 Å². The van der Waals surface area contributed by atoms with Gasteiger partial charge in [-0.1, -0.05) is 18.2 Å². The van der Waals surface area contributed by atoms with Crippen molar-refractivity contribution >= 4 is 22.6 Å². The van der Waals surface area contributed by atoms with E-state index in [9.17, 15) is 4.79 Å². The van der Waals surface area contributed by atoms with Crippen LogP contribution in [0.5, 0.6) is 0 Å². The molecule has 3 heterocycles. The van der Waals surface area contributed by atoms with Crippen LogP contribution in [0.4, 0.5) is 5.69 Å². The maximum atomic E-state index is 11.0. The first-order chi connectivity index (χ1) is 14.6. The fourth-order valence-corrected chi connectivity index (χ4v) is 4.73. The minimum Gasteiger partial charge on any atom is -0.481 e. The molecule has 5 heteroatoms. The third-order valence-corrected chi connectivity index (χ3v) is 6.49. The SMILES string of the molecule is Cc1cc(CN2CC(C(=O)O)C2)ccc1-c1cc2cc(N3CCCCC3)ccc2o1. The first-order valence-electron chi connectivity index (χ1n) is 10.9. The molecule has 0 radical (unpaired) electrons. The molecule has 5 rings (SSSR count). The average molecular weight is 405 g/mol. The first kappa shape index (κ1) is 19.2. The Balaban J connectivity index is 1.34. The van der Waals surface area contributed by atoms with Gasteiger partial charge in [-0.2, -0.15) is 0 Å². The van der Waals surface area contributed by atoms with E-state index in [1.807, 2.05) is 0 Å². The van der Waals surface area contributed by atoms with Gasteiger partial charge in [0.05, 0.1) is 5.92 Å². The number of carbonyl (C=O) groups is 1. The van der Waals surface area contributed by atoms with E-state index in [0.717, 1.165) is 41.9 Å². The number of hydrogen-bond donors (Lipinski definition) is 1. The molecule has 2 saturated heterocycles. The van der Waals surface area contributed by atoms with Crippen LogP contribution in [0.2, 0.25) is 0 Å². The lowest BCUT2D eigenvalue weighted by atomic mass is 9.98. The molecule has 0 amide bonds.